The number of benzene rings is 2. The van der Waals surface area contributed by atoms with Gasteiger partial charge in [0.2, 0.25) is 0 Å². The number of hydrogen-bond acceptors (Lipinski definition) is 3. The molecule has 0 aliphatic heterocycles. The van der Waals surface area contributed by atoms with Crippen molar-refractivity contribution in [3.05, 3.63) is 48.3 Å². The number of hydrogen-bond donors (Lipinski definition) is 1. The number of sulfone groups is 1. The molecule has 0 saturated carbocycles. The third-order valence-electron chi connectivity index (χ3n) is 2.52. The van der Waals surface area contributed by atoms with E-state index in [-0.39, 0.29) is 16.2 Å². The standard InChI is InChI=1S/C13H11FO3S/c1-18(16,17)11-4-2-3-9(7-11)12-8-10(15)5-6-13(12)14/h2-8,15H,1H3. The van der Waals surface area contributed by atoms with Crippen LogP contribution in [0.1, 0.15) is 0 Å². The molecule has 3 nitrogen and oxygen atoms in total. The van der Waals surface area contributed by atoms with E-state index >= 15 is 0 Å². The maximum absolute atomic E-state index is 13.6. The minimum absolute atomic E-state index is 0.0730. The van der Waals surface area contributed by atoms with Gasteiger partial charge in [-0.25, -0.2) is 12.8 Å². The van der Waals surface area contributed by atoms with Crippen molar-refractivity contribution in [2.45, 2.75) is 4.90 Å². The van der Waals surface area contributed by atoms with Crippen LogP contribution in [-0.2, 0) is 9.84 Å². The van der Waals surface area contributed by atoms with E-state index in [2.05, 4.69) is 0 Å². The van der Waals surface area contributed by atoms with Crippen molar-refractivity contribution >= 4 is 9.84 Å². The van der Waals surface area contributed by atoms with Crippen LogP contribution in [0.5, 0.6) is 5.75 Å². The minimum atomic E-state index is -3.34. The molecule has 0 aliphatic rings. The summed E-state index contributed by atoms with van der Waals surface area (Å²) in [6.45, 7) is 0. The zero-order valence-electron chi connectivity index (χ0n) is 9.59. The number of halogens is 1. The quantitative estimate of drug-likeness (QED) is 0.909. The Hall–Kier alpha value is -1.88. The lowest BCUT2D eigenvalue weighted by Gasteiger charge is -2.06. The molecule has 0 fully saturated rings. The van der Waals surface area contributed by atoms with Crippen LogP contribution in [0.15, 0.2) is 47.4 Å². The fraction of sp³-hybridized carbons (Fsp3) is 0.0769. The predicted octanol–water partition coefficient (Wildman–Crippen LogP) is 2.60. The van der Waals surface area contributed by atoms with Crippen molar-refractivity contribution in [3.63, 3.8) is 0 Å². The van der Waals surface area contributed by atoms with Gasteiger partial charge in [-0.1, -0.05) is 12.1 Å². The average Bonchev–Trinajstić information content (AvgIpc) is 2.31. The molecule has 0 unspecified atom stereocenters. The number of rotatable bonds is 2. The van der Waals surface area contributed by atoms with Gasteiger partial charge >= 0.3 is 0 Å². The Morgan fingerprint density at radius 2 is 1.83 bits per heavy atom. The second-order valence-corrected chi connectivity index (χ2v) is 5.98. The highest BCUT2D eigenvalue weighted by Gasteiger charge is 2.11. The number of phenols is 1. The highest BCUT2D eigenvalue weighted by Crippen LogP contribution is 2.28. The zero-order chi connectivity index (χ0) is 13.3. The molecule has 0 bridgehead atoms. The van der Waals surface area contributed by atoms with Crippen molar-refractivity contribution in [1.82, 2.24) is 0 Å². The van der Waals surface area contributed by atoms with Crippen molar-refractivity contribution in [1.29, 1.82) is 0 Å². The Labute approximate surface area is 104 Å². The lowest BCUT2D eigenvalue weighted by atomic mass is 10.1. The maximum Gasteiger partial charge on any atom is 0.175 e. The third-order valence-corrected chi connectivity index (χ3v) is 3.63. The summed E-state index contributed by atoms with van der Waals surface area (Å²) in [6, 6.07) is 9.59. The highest BCUT2D eigenvalue weighted by atomic mass is 32.2. The Balaban J connectivity index is 2.62. The number of phenolic OH excluding ortho intramolecular Hbond substituents is 1. The van der Waals surface area contributed by atoms with E-state index in [0.29, 0.717) is 5.56 Å². The predicted molar refractivity (Wildman–Crippen MR) is 66.6 cm³/mol. The largest absolute Gasteiger partial charge is 0.508 e. The van der Waals surface area contributed by atoms with Crippen LogP contribution < -0.4 is 0 Å². The Morgan fingerprint density at radius 3 is 2.50 bits per heavy atom. The molecule has 0 radical (unpaired) electrons. The fourth-order valence-electron chi connectivity index (χ4n) is 1.63. The maximum atomic E-state index is 13.6. The summed E-state index contributed by atoms with van der Waals surface area (Å²) < 4.78 is 36.5. The second-order valence-electron chi connectivity index (χ2n) is 3.96. The van der Waals surface area contributed by atoms with E-state index in [4.69, 9.17) is 0 Å². The molecule has 5 heteroatoms. The van der Waals surface area contributed by atoms with Crippen molar-refractivity contribution in [3.8, 4) is 16.9 Å². The van der Waals surface area contributed by atoms with Gasteiger partial charge in [0.15, 0.2) is 9.84 Å². The zero-order valence-corrected chi connectivity index (χ0v) is 10.4. The summed E-state index contributed by atoms with van der Waals surface area (Å²) in [7, 11) is -3.34. The molecule has 0 saturated heterocycles. The van der Waals surface area contributed by atoms with Crippen LogP contribution >= 0.6 is 0 Å². The molecule has 0 aliphatic carbocycles. The van der Waals surface area contributed by atoms with Gasteiger partial charge in [-0.15, -0.1) is 0 Å². The summed E-state index contributed by atoms with van der Waals surface area (Å²) in [5.41, 5.74) is 0.576. The van der Waals surface area contributed by atoms with Gasteiger partial charge in [0.25, 0.3) is 0 Å². The monoisotopic (exact) mass is 266 g/mol. The summed E-state index contributed by atoms with van der Waals surface area (Å²) in [5, 5.41) is 9.34. The van der Waals surface area contributed by atoms with E-state index < -0.39 is 15.7 Å². The van der Waals surface area contributed by atoms with E-state index in [1.165, 1.54) is 30.3 Å². The molecule has 0 heterocycles. The molecule has 0 amide bonds. The smallest absolute Gasteiger partial charge is 0.175 e. The van der Waals surface area contributed by atoms with Gasteiger partial charge in [-0.2, -0.15) is 0 Å². The molecule has 2 rings (SSSR count). The van der Waals surface area contributed by atoms with Crippen LogP contribution in [-0.4, -0.2) is 19.8 Å². The van der Waals surface area contributed by atoms with Crippen LogP contribution in [0.2, 0.25) is 0 Å². The Bertz CT molecular complexity index is 693. The first-order valence-electron chi connectivity index (χ1n) is 5.17. The first-order chi connectivity index (χ1) is 8.38. The lowest BCUT2D eigenvalue weighted by molar-refractivity contribution is 0.473. The second kappa shape index (κ2) is 4.42. The molecule has 0 atom stereocenters. The lowest BCUT2D eigenvalue weighted by Crippen LogP contribution is -1.97. The molecule has 2 aromatic rings. The van der Waals surface area contributed by atoms with Crippen LogP contribution in [0.4, 0.5) is 4.39 Å². The first-order valence-corrected chi connectivity index (χ1v) is 7.06. The van der Waals surface area contributed by atoms with Gasteiger partial charge in [-0.05, 0) is 35.9 Å². The SMILES string of the molecule is CS(=O)(=O)c1cccc(-c2cc(O)ccc2F)c1. The van der Waals surface area contributed by atoms with Crippen LogP contribution in [0, 0.1) is 5.82 Å². The summed E-state index contributed by atoms with van der Waals surface area (Å²) in [5.74, 6) is -0.588. The first kappa shape index (κ1) is 12.6. The Morgan fingerprint density at radius 1 is 1.11 bits per heavy atom. The molecule has 1 N–H and O–H groups in total. The van der Waals surface area contributed by atoms with E-state index in [1.807, 2.05) is 0 Å². The van der Waals surface area contributed by atoms with Gasteiger partial charge in [0, 0.05) is 11.8 Å². The molecule has 0 spiro atoms. The summed E-state index contributed by atoms with van der Waals surface area (Å²) in [6.07, 6.45) is 1.09. The average molecular weight is 266 g/mol. The van der Waals surface area contributed by atoms with E-state index in [1.54, 1.807) is 6.07 Å². The summed E-state index contributed by atoms with van der Waals surface area (Å²) >= 11 is 0. The molecule has 94 valence electrons. The fourth-order valence-corrected chi connectivity index (χ4v) is 2.30. The highest BCUT2D eigenvalue weighted by molar-refractivity contribution is 7.90. The molecular weight excluding hydrogens is 255 g/mol. The van der Waals surface area contributed by atoms with Crippen LogP contribution in [0.25, 0.3) is 11.1 Å². The van der Waals surface area contributed by atoms with Crippen molar-refractivity contribution in [2.24, 2.45) is 0 Å². The van der Waals surface area contributed by atoms with Crippen molar-refractivity contribution in [2.75, 3.05) is 6.26 Å². The Kier molecular flexibility index (Phi) is 3.09. The van der Waals surface area contributed by atoms with E-state index in [0.717, 1.165) is 12.3 Å². The normalized spacial score (nSPS) is 11.4. The van der Waals surface area contributed by atoms with Gasteiger partial charge in [0.1, 0.15) is 11.6 Å². The molecule has 18 heavy (non-hydrogen) atoms. The van der Waals surface area contributed by atoms with Crippen molar-refractivity contribution < 1.29 is 17.9 Å². The number of aromatic hydroxyl groups is 1. The molecular formula is C13H11FO3S. The molecule has 2 aromatic carbocycles. The summed E-state index contributed by atoms with van der Waals surface area (Å²) in [4.78, 5) is 0.114. The van der Waals surface area contributed by atoms with E-state index in [9.17, 15) is 17.9 Å². The van der Waals surface area contributed by atoms with Gasteiger partial charge < -0.3 is 5.11 Å². The van der Waals surface area contributed by atoms with Crippen LogP contribution in [0.3, 0.4) is 0 Å². The third kappa shape index (κ3) is 2.51. The molecule has 0 aromatic heterocycles. The van der Waals surface area contributed by atoms with Gasteiger partial charge in [0.05, 0.1) is 4.90 Å². The topological polar surface area (TPSA) is 54.4 Å². The van der Waals surface area contributed by atoms with Gasteiger partial charge in [-0.3, -0.25) is 0 Å². The minimum Gasteiger partial charge on any atom is -0.508 e.